The number of halogens is 5. The molecule has 14 heteroatoms. The van der Waals surface area contributed by atoms with Crippen molar-refractivity contribution in [2.45, 2.75) is 69.3 Å². The van der Waals surface area contributed by atoms with E-state index in [1.807, 2.05) is 11.4 Å². The number of methoxy groups -OCH3 is 1. The molecule has 0 bridgehead atoms. The van der Waals surface area contributed by atoms with Crippen LogP contribution in [-0.2, 0) is 32.1 Å². The summed E-state index contributed by atoms with van der Waals surface area (Å²) >= 11 is 0. The van der Waals surface area contributed by atoms with Crippen molar-refractivity contribution in [3.05, 3.63) is 65.5 Å². The Kier molecular flexibility index (Phi) is 8.54. The number of alkyl carbamates (subject to hydrolysis) is 1. The van der Waals surface area contributed by atoms with Crippen LogP contribution in [0.2, 0.25) is 0 Å². The molecule has 1 aliphatic carbocycles. The van der Waals surface area contributed by atoms with Gasteiger partial charge in [-0.15, -0.1) is 0 Å². The molecule has 44 heavy (non-hydrogen) atoms. The van der Waals surface area contributed by atoms with Gasteiger partial charge in [0.2, 0.25) is 17.7 Å². The number of hydrogen-bond acceptors (Lipinski definition) is 7. The van der Waals surface area contributed by atoms with Gasteiger partial charge in [-0.05, 0) is 48.4 Å². The van der Waals surface area contributed by atoms with E-state index in [9.17, 15) is 36.3 Å². The maximum absolute atomic E-state index is 13.9. The summed E-state index contributed by atoms with van der Waals surface area (Å²) < 4.78 is 84.1. The highest BCUT2D eigenvalue weighted by Gasteiger charge is 2.60. The van der Waals surface area contributed by atoms with E-state index >= 15 is 0 Å². The third-order valence-corrected chi connectivity index (χ3v) is 8.22. The number of esters is 1. The molecule has 9 nitrogen and oxygen atoms in total. The Morgan fingerprint density at radius 1 is 1.11 bits per heavy atom. The van der Waals surface area contributed by atoms with Gasteiger partial charge >= 0.3 is 18.2 Å². The minimum absolute atomic E-state index is 0.0240. The number of carbonyl (C=O) groups is 3. The van der Waals surface area contributed by atoms with Gasteiger partial charge < -0.3 is 24.5 Å². The van der Waals surface area contributed by atoms with Gasteiger partial charge in [-0.25, -0.2) is 18.6 Å². The van der Waals surface area contributed by atoms with Crippen molar-refractivity contribution in [2.75, 3.05) is 7.11 Å². The first-order chi connectivity index (χ1) is 20.8. The van der Waals surface area contributed by atoms with Crippen molar-refractivity contribution in [1.82, 2.24) is 15.6 Å². The quantitative estimate of drug-likeness (QED) is 0.186. The molecule has 1 saturated heterocycles. The average Bonchev–Trinajstić information content (AvgIpc) is 3.56. The van der Waals surface area contributed by atoms with Crippen LogP contribution in [0.5, 0.6) is 0 Å². The molecular formula is C30H30F5N3O6. The second-order valence-electron chi connectivity index (χ2n) is 11.3. The number of benzene rings is 2. The number of oxazole rings is 1. The predicted octanol–water partition coefficient (Wildman–Crippen LogP) is 5.77. The van der Waals surface area contributed by atoms with Crippen molar-refractivity contribution in [2.24, 2.45) is 11.3 Å². The Bertz CT molecular complexity index is 1520. The largest absolute Gasteiger partial charge is 0.468 e. The first-order valence-corrected chi connectivity index (χ1v) is 14.0. The van der Waals surface area contributed by atoms with Crippen LogP contribution in [-0.4, -0.2) is 48.2 Å². The summed E-state index contributed by atoms with van der Waals surface area (Å²) in [5, 5.41) is 4.56. The number of nitrogens with zero attached hydrogens (tertiary/aromatic N) is 1. The Balaban J connectivity index is 1.40. The van der Waals surface area contributed by atoms with Crippen molar-refractivity contribution in [3.8, 4) is 0 Å². The SMILES string of the molecule is COC(=O)C1(Cc2ccc3oc(C(NC(=O)OCc4ccccc4)C4CCC(F)(F)CC4)nc3c2)C[C@@H](C(F)(F)F)NC1=O. The zero-order valence-corrected chi connectivity index (χ0v) is 23.6. The lowest BCUT2D eigenvalue weighted by molar-refractivity contribution is -0.159. The normalized spacial score (nSPS) is 22.8. The lowest BCUT2D eigenvalue weighted by Gasteiger charge is -2.32. The van der Waals surface area contributed by atoms with Gasteiger partial charge in [0.15, 0.2) is 11.0 Å². The molecule has 3 aromatic rings. The minimum atomic E-state index is -4.76. The third kappa shape index (κ3) is 6.63. The van der Waals surface area contributed by atoms with E-state index in [2.05, 4.69) is 10.3 Å². The van der Waals surface area contributed by atoms with Crippen molar-refractivity contribution >= 4 is 29.1 Å². The number of hydrogen-bond donors (Lipinski definition) is 2. The predicted molar refractivity (Wildman–Crippen MR) is 144 cm³/mol. The zero-order chi connectivity index (χ0) is 31.7. The summed E-state index contributed by atoms with van der Waals surface area (Å²) in [6.45, 7) is -0.0240. The lowest BCUT2D eigenvalue weighted by Crippen LogP contribution is -2.42. The van der Waals surface area contributed by atoms with Crippen LogP contribution in [0, 0.1) is 11.3 Å². The van der Waals surface area contributed by atoms with Crippen LogP contribution in [0.4, 0.5) is 26.7 Å². The molecule has 2 heterocycles. The molecule has 2 N–H and O–H groups in total. The topological polar surface area (TPSA) is 120 Å². The molecule has 1 aliphatic heterocycles. The summed E-state index contributed by atoms with van der Waals surface area (Å²) in [6, 6.07) is 10.2. The summed E-state index contributed by atoms with van der Waals surface area (Å²) in [5.41, 5.74) is -0.591. The first kappa shape index (κ1) is 31.2. The fraction of sp³-hybridized carbons (Fsp3) is 0.467. The molecule has 0 spiro atoms. The summed E-state index contributed by atoms with van der Waals surface area (Å²) in [4.78, 5) is 42.6. The van der Waals surface area contributed by atoms with Crippen LogP contribution in [0.25, 0.3) is 11.1 Å². The third-order valence-electron chi connectivity index (χ3n) is 8.22. The first-order valence-electron chi connectivity index (χ1n) is 14.0. The molecule has 2 aliphatic rings. The van der Waals surface area contributed by atoms with Gasteiger partial charge in [0.05, 0.1) is 7.11 Å². The van der Waals surface area contributed by atoms with Crippen LogP contribution < -0.4 is 10.6 Å². The lowest BCUT2D eigenvalue weighted by atomic mass is 9.78. The number of aromatic nitrogens is 1. The van der Waals surface area contributed by atoms with E-state index in [1.165, 1.54) is 18.2 Å². The molecule has 2 aromatic carbocycles. The Hall–Kier alpha value is -4.23. The molecule has 2 unspecified atom stereocenters. The van der Waals surface area contributed by atoms with E-state index in [4.69, 9.17) is 13.9 Å². The van der Waals surface area contributed by atoms with Crippen molar-refractivity contribution in [3.63, 3.8) is 0 Å². The molecule has 1 aromatic heterocycles. The van der Waals surface area contributed by atoms with Crippen LogP contribution in [0.15, 0.2) is 52.9 Å². The highest BCUT2D eigenvalue weighted by molar-refractivity contribution is 6.05. The molecule has 1 saturated carbocycles. The highest BCUT2D eigenvalue weighted by atomic mass is 19.4. The van der Waals surface area contributed by atoms with Gasteiger partial charge in [0.25, 0.3) is 0 Å². The second-order valence-corrected chi connectivity index (χ2v) is 11.3. The average molecular weight is 624 g/mol. The van der Waals surface area contributed by atoms with E-state index in [0.717, 1.165) is 12.7 Å². The van der Waals surface area contributed by atoms with Gasteiger partial charge in [0, 0.05) is 19.3 Å². The zero-order valence-electron chi connectivity index (χ0n) is 23.6. The fourth-order valence-electron chi connectivity index (χ4n) is 5.83. The number of nitrogens with one attached hydrogen (secondary N) is 2. The molecule has 5 rings (SSSR count). The standard InChI is InChI=1S/C30H30F5N3O6/c1-42-26(40)28(15-22(30(33,34)35)37-25(28)39)14-18-7-8-21-20(13-18)36-24(44-21)23(19-9-11-29(31,32)12-10-19)38-27(41)43-16-17-5-3-2-4-6-17/h2-8,13,19,22-23H,9-12,14-16H2,1H3,(H,37,39)(H,38,41)/t22-,23?,28?/m0/s1. The number of rotatable bonds is 8. The minimum Gasteiger partial charge on any atom is -0.468 e. The summed E-state index contributed by atoms with van der Waals surface area (Å²) in [7, 11) is 0.991. The molecule has 0 radical (unpaired) electrons. The summed E-state index contributed by atoms with van der Waals surface area (Å²) in [6.07, 6.45) is -7.40. The van der Waals surface area contributed by atoms with E-state index in [1.54, 1.807) is 24.3 Å². The molecule has 2 fully saturated rings. The summed E-state index contributed by atoms with van der Waals surface area (Å²) in [5.74, 6) is -5.44. The number of fused-ring (bicyclic) bond motifs is 1. The second kappa shape index (κ2) is 12.0. The molecule has 3 atom stereocenters. The maximum atomic E-state index is 13.9. The van der Waals surface area contributed by atoms with Gasteiger partial charge in [-0.3, -0.25) is 9.59 Å². The Morgan fingerprint density at radius 2 is 1.82 bits per heavy atom. The highest BCUT2D eigenvalue weighted by Crippen LogP contribution is 2.43. The van der Waals surface area contributed by atoms with E-state index < -0.39 is 66.3 Å². The number of amides is 2. The number of alkyl halides is 5. The smallest absolute Gasteiger partial charge is 0.408 e. The van der Waals surface area contributed by atoms with Gasteiger partial charge in [0.1, 0.15) is 24.2 Å². The molecule has 236 valence electrons. The molecular weight excluding hydrogens is 593 g/mol. The van der Waals surface area contributed by atoms with Gasteiger partial charge in [-0.2, -0.15) is 13.2 Å². The van der Waals surface area contributed by atoms with Crippen LogP contribution in [0.3, 0.4) is 0 Å². The monoisotopic (exact) mass is 623 g/mol. The van der Waals surface area contributed by atoms with Crippen molar-refractivity contribution < 1.29 is 50.2 Å². The van der Waals surface area contributed by atoms with E-state index in [-0.39, 0.29) is 49.3 Å². The van der Waals surface area contributed by atoms with Crippen LogP contribution in [0.1, 0.15) is 55.2 Å². The Labute approximate surface area is 248 Å². The number of carbonyl (C=O) groups excluding carboxylic acids is 3. The molecule has 2 amide bonds. The van der Waals surface area contributed by atoms with Crippen LogP contribution >= 0.6 is 0 Å². The Morgan fingerprint density at radius 3 is 2.45 bits per heavy atom. The number of ether oxygens (including phenoxy) is 2. The van der Waals surface area contributed by atoms with E-state index in [0.29, 0.717) is 5.56 Å². The fourth-order valence-corrected chi connectivity index (χ4v) is 5.83. The van der Waals surface area contributed by atoms with Crippen molar-refractivity contribution in [1.29, 1.82) is 0 Å². The van der Waals surface area contributed by atoms with Gasteiger partial charge in [-0.1, -0.05) is 36.4 Å². The maximum Gasteiger partial charge on any atom is 0.408 e.